The Morgan fingerprint density at radius 3 is 2.26 bits per heavy atom. The highest BCUT2D eigenvalue weighted by Crippen LogP contribution is 2.15. The highest BCUT2D eigenvalue weighted by atomic mass is 35.5. The van der Waals surface area contributed by atoms with Gasteiger partial charge in [0, 0.05) is 45.3 Å². The van der Waals surface area contributed by atoms with Gasteiger partial charge in [0.1, 0.15) is 0 Å². The summed E-state index contributed by atoms with van der Waals surface area (Å²) in [6.07, 6.45) is 2.52. The zero-order valence-electron chi connectivity index (χ0n) is 14.6. The average Bonchev–Trinajstić information content (AvgIpc) is 3.04. The fourth-order valence-electron chi connectivity index (χ4n) is 3.75. The molecule has 23 heavy (non-hydrogen) atoms. The van der Waals surface area contributed by atoms with Gasteiger partial charge in [-0.2, -0.15) is 0 Å². The smallest absolute Gasteiger partial charge is 0.0234 e. The number of hydrogen-bond acceptors (Lipinski definition) is 3. The van der Waals surface area contributed by atoms with Gasteiger partial charge in [0.2, 0.25) is 0 Å². The third-order valence-corrected chi connectivity index (χ3v) is 5.03. The number of hydrogen-bond donors (Lipinski definition) is 1. The molecule has 2 fully saturated rings. The van der Waals surface area contributed by atoms with Crippen molar-refractivity contribution in [3.8, 4) is 0 Å². The third-order valence-electron chi connectivity index (χ3n) is 5.03. The molecule has 0 aliphatic carbocycles. The quantitative estimate of drug-likeness (QED) is 0.891. The van der Waals surface area contributed by atoms with Crippen LogP contribution >= 0.6 is 12.4 Å². The van der Waals surface area contributed by atoms with Crippen LogP contribution in [0.15, 0.2) is 24.3 Å². The molecule has 2 saturated heterocycles. The molecule has 3 rings (SSSR count). The van der Waals surface area contributed by atoms with E-state index in [0.29, 0.717) is 0 Å². The average molecular weight is 338 g/mol. The first kappa shape index (κ1) is 18.7. The maximum atomic E-state index is 3.48. The van der Waals surface area contributed by atoms with Gasteiger partial charge in [-0.15, -0.1) is 12.4 Å². The van der Waals surface area contributed by atoms with Gasteiger partial charge in [-0.05, 0) is 36.4 Å². The lowest BCUT2D eigenvalue weighted by Crippen LogP contribution is -2.50. The largest absolute Gasteiger partial charge is 0.315 e. The summed E-state index contributed by atoms with van der Waals surface area (Å²) in [4.78, 5) is 5.29. The number of rotatable bonds is 5. The Morgan fingerprint density at radius 1 is 1.04 bits per heavy atom. The van der Waals surface area contributed by atoms with E-state index in [1.807, 2.05) is 0 Å². The minimum absolute atomic E-state index is 0. The van der Waals surface area contributed by atoms with E-state index < -0.39 is 0 Å². The van der Waals surface area contributed by atoms with E-state index in [1.165, 1.54) is 63.2 Å². The fourth-order valence-corrected chi connectivity index (χ4v) is 3.75. The lowest BCUT2D eigenvalue weighted by molar-refractivity contribution is 0.0981. The molecule has 3 nitrogen and oxygen atoms in total. The van der Waals surface area contributed by atoms with E-state index in [1.54, 1.807) is 0 Å². The third kappa shape index (κ3) is 5.46. The van der Waals surface area contributed by atoms with Crippen molar-refractivity contribution >= 4 is 12.4 Å². The molecule has 130 valence electrons. The molecule has 1 N–H and O–H groups in total. The van der Waals surface area contributed by atoms with E-state index >= 15 is 0 Å². The van der Waals surface area contributed by atoms with Crippen LogP contribution < -0.4 is 5.32 Å². The minimum Gasteiger partial charge on any atom is -0.315 e. The summed E-state index contributed by atoms with van der Waals surface area (Å²) in [6.45, 7) is 13.0. The van der Waals surface area contributed by atoms with Gasteiger partial charge in [-0.3, -0.25) is 9.80 Å². The second-order valence-electron chi connectivity index (χ2n) is 7.37. The lowest BCUT2D eigenvalue weighted by Gasteiger charge is -2.37. The molecule has 0 radical (unpaired) electrons. The molecule has 1 aromatic carbocycles. The van der Waals surface area contributed by atoms with Crippen molar-refractivity contribution in [1.82, 2.24) is 15.1 Å². The van der Waals surface area contributed by atoms with Gasteiger partial charge in [-0.1, -0.05) is 38.1 Å². The van der Waals surface area contributed by atoms with E-state index in [0.717, 1.165) is 18.5 Å². The molecule has 0 aromatic heterocycles. The fraction of sp³-hybridized carbons (Fsp3) is 0.684. The summed E-state index contributed by atoms with van der Waals surface area (Å²) in [5.41, 5.74) is 2.93. The minimum atomic E-state index is 0. The molecule has 0 bridgehead atoms. The Kier molecular flexibility index (Phi) is 7.35. The van der Waals surface area contributed by atoms with Crippen LogP contribution in [0.4, 0.5) is 0 Å². The van der Waals surface area contributed by atoms with E-state index in [-0.39, 0.29) is 12.4 Å². The highest BCUT2D eigenvalue weighted by Gasteiger charge is 2.25. The number of benzene rings is 1. The van der Waals surface area contributed by atoms with E-state index in [4.69, 9.17) is 0 Å². The summed E-state index contributed by atoms with van der Waals surface area (Å²) in [5.74, 6) is 0.740. The van der Waals surface area contributed by atoms with Gasteiger partial charge in [-0.25, -0.2) is 0 Å². The molecule has 2 aliphatic rings. The van der Waals surface area contributed by atoms with Crippen LogP contribution in [-0.2, 0) is 13.0 Å². The number of nitrogens with zero attached hydrogens (tertiary/aromatic N) is 2. The lowest BCUT2D eigenvalue weighted by atomic mass is 10.0. The predicted molar refractivity (Wildman–Crippen MR) is 100 cm³/mol. The molecule has 1 atom stereocenters. The first-order valence-corrected chi connectivity index (χ1v) is 8.95. The Bertz CT molecular complexity index is 446. The van der Waals surface area contributed by atoms with Gasteiger partial charge in [0.25, 0.3) is 0 Å². The molecule has 4 heteroatoms. The normalized spacial score (nSPS) is 23.2. The molecule has 0 spiro atoms. The molecule has 2 aliphatic heterocycles. The second-order valence-corrected chi connectivity index (χ2v) is 7.37. The Hall–Kier alpha value is -0.610. The zero-order chi connectivity index (χ0) is 15.4. The summed E-state index contributed by atoms with van der Waals surface area (Å²) in [5, 5.41) is 3.48. The van der Waals surface area contributed by atoms with Crippen molar-refractivity contribution in [1.29, 1.82) is 0 Å². The van der Waals surface area contributed by atoms with Gasteiger partial charge in [0.05, 0.1) is 0 Å². The predicted octanol–water partition coefficient (Wildman–Crippen LogP) is 2.79. The first-order valence-electron chi connectivity index (χ1n) is 8.95. The Labute approximate surface area is 147 Å². The Balaban J connectivity index is 0.00000192. The number of halogens is 1. The summed E-state index contributed by atoms with van der Waals surface area (Å²) in [6, 6.07) is 10.1. The summed E-state index contributed by atoms with van der Waals surface area (Å²) < 4.78 is 0. The molecule has 1 unspecified atom stereocenters. The first-order chi connectivity index (χ1) is 10.7. The topological polar surface area (TPSA) is 18.5 Å². The van der Waals surface area contributed by atoms with E-state index in [9.17, 15) is 0 Å². The Morgan fingerprint density at radius 2 is 1.70 bits per heavy atom. The van der Waals surface area contributed by atoms with Crippen LogP contribution in [0.2, 0.25) is 0 Å². The zero-order valence-corrected chi connectivity index (χ0v) is 15.4. The molecule has 0 amide bonds. The van der Waals surface area contributed by atoms with Crippen molar-refractivity contribution in [3.63, 3.8) is 0 Å². The van der Waals surface area contributed by atoms with Crippen LogP contribution in [0.3, 0.4) is 0 Å². The van der Waals surface area contributed by atoms with E-state index in [2.05, 4.69) is 53.2 Å². The van der Waals surface area contributed by atoms with Crippen LogP contribution in [0.5, 0.6) is 0 Å². The van der Waals surface area contributed by atoms with Gasteiger partial charge in [0.15, 0.2) is 0 Å². The van der Waals surface area contributed by atoms with Crippen molar-refractivity contribution < 1.29 is 0 Å². The summed E-state index contributed by atoms with van der Waals surface area (Å²) in [7, 11) is 0. The van der Waals surface area contributed by atoms with Crippen molar-refractivity contribution in [3.05, 3.63) is 35.4 Å². The molecular weight excluding hydrogens is 306 g/mol. The highest BCUT2D eigenvalue weighted by molar-refractivity contribution is 5.85. The maximum absolute atomic E-state index is 3.48. The number of nitrogens with one attached hydrogen (secondary N) is 1. The van der Waals surface area contributed by atoms with Crippen LogP contribution in [0.25, 0.3) is 0 Å². The van der Waals surface area contributed by atoms with Crippen molar-refractivity contribution in [2.45, 2.75) is 39.3 Å². The SMILES string of the molecule is CC(C)Cc1ccc(CN2CCN(C3CCNC3)CC2)cc1.Cl. The van der Waals surface area contributed by atoms with Gasteiger partial charge < -0.3 is 5.32 Å². The molecule has 2 heterocycles. The monoisotopic (exact) mass is 337 g/mol. The molecular formula is C19H32ClN3. The summed E-state index contributed by atoms with van der Waals surface area (Å²) >= 11 is 0. The molecule has 1 aromatic rings. The van der Waals surface area contributed by atoms with Crippen LogP contribution in [-0.4, -0.2) is 55.1 Å². The van der Waals surface area contributed by atoms with Crippen LogP contribution in [0, 0.1) is 5.92 Å². The second kappa shape index (κ2) is 9.03. The van der Waals surface area contributed by atoms with Crippen molar-refractivity contribution in [2.24, 2.45) is 5.92 Å². The van der Waals surface area contributed by atoms with Gasteiger partial charge >= 0.3 is 0 Å². The van der Waals surface area contributed by atoms with Crippen LogP contribution in [0.1, 0.15) is 31.4 Å². The standard InChI is InChI=1S/C19H31N3.ClH/c1-16(2)13-17-3-5-18(6-4-17)15-21-9-11-22(12-10-21)19-7-8-20-14-19;/h3-6,16,19-20H,7-15H2,1-2H3;1H. The maximum Gasteiger partial charge on any atom is 0.0234 e. The molecule has 0 saturated carbocycles. The number of piperazine rings is 1. The van der Waals surface area contributed by atoms with Crippen molar-refractivity contribution in [2.75, 3.05) is 39.3 Å².